The van der Waals surface area contributed by atoms with E-state index < -0.39 is 6.10 Å². The van der Waals surface area contributed by atoms with Gasteiger partial charge in [0.15, 0.2) is 0 Å². The molecule has 0 unspecified atom stereocenters. The van der Waals surface area contributed by atoms with Crippen molar-refractivity contribution < 1.29 is 9.84 Å². The zero-order valence-electron chi connectivity index (χ0n) is 9.46. The van der Waals surface area contributed by atoms with Crippen LogP contribution < -0.4 is 4.74 Å². The molecule has 18 heavy (non-hydrogen) atoms. The Balaban J connectivity index is 1.85. The van der Waals surface area contributed by atoms with Gasteiger partial charge in [0.1, 0.15) is 18.5 Å². The number of aliphatic hydroxyl groups is 1. The predicted octanol–water partition coefficient (Wildman–Crippen LogP) is 2.74. The van der Waals surface area contributed by atoms with E-state index in [-0.39, 0.29) is 6.61 Å². The van der Waals surface area contributed by atoms with Crippen LogP contribution in [0.2, 0.25) is 5.02 Å². The fraction of sp³-hybridized carbons (Fsp3) is 0.250. The van der Waals surface area contributed by atoms with Gasteiger partial charge >= 0.3 is 0 Å². The summed E-state index contributed by atoms with van der Waals surface area (Å²) < 4.78 is 7.96. The minimum Gasteiger partial charge on any atom is -0.489 e. The molecule has 1 N–H and O–H groups in total. The first kappa shape index (κ1) is 13.4. The standard InChI is InChI=1S/C12H12BrClN2O2/c13-9-5-15-16(6-9)7-10(17)8-18-12-4-2-1-3-11(12)14/h1-6,10,17H,7-8H2/t10-/m1/s1. The second kappa shape index (κ2) is 6.22. The summed E-state index contributed by atoms with van der Waals surface area (Å²) in [5.41, 5.74) is 0. The van der Waals surface area contributed by atoms with Crippen LogP contribution in [0.5, 0.6) is 5.75 Å². The highest BCUT2D eigenvalue weighted by Gasteiger charge is 2.08. The molecule has 0 saturated carbocycles. The number of nitrogens with zero attached hydrogens (tertiary/aromatic N) is 2. The molecule has 0 aliphatic rings. The Morgan fingerprint density at radius 2 is 2.22 bits per heavy atom. The quantitative estimate of drug-likeness (QED) is 0.916. The predicted molar refractivity (Wildman–Crippen MR) is 72.9 cm³/mol. The summed E-state index contributed by atoms with van der Waals surface area (Å²) in [6.45, 7) is 0.539. The highest BCUT2D eigenvalue weighted by molar-refractivity contribution is 9.10. The molecule has 0 radical (unpaired) electrons. The summed E-state index contributed by atoms with van der Waals surface area (Å²) in [5.74, 6) is 0.569. The van der Waals surface area contributed by atoms with Crippen molar-refractivity contribution in [3.63, 3.8) is 0 Å². The topological polar surface area (TPSA) is 47.3 Å². The number of benzene rings is 1. The summed E-state index contributed by atoms with van der Waals surface area (Å²) >= 11 is 9.23. The van der Waals surface area contributed by atoms with Crippen molar-refractivity contribution in [2.24, 2.45) is 0 Å². The van der Waals surface area contributed by atoms with Gasteiger partial charge in [0.25, 0.3) is 0 Å². The van der Waals surface area contributed by atoms with E-state index >= 15 is 0 Å². The summed E-state index contributed by atoms with van der Waals surface area (Å²) in [6.07, 6.45) is 2.81. The number of hydrogen-bond acceptors (Lipinski definition) is 3. The van der Waals surface area contributed by atoms with E-state index in [0.29, 0.717) is 17.3 Å². The molecule has 0 spiro atoms. The van der Waals surface area contributed by atoms with Gasteiger partial charge in [-0.1, -0.05) is 23.7 Å². The third kappa shape index (κ3) is 3.73. The molecule has 0 saturated heterocycles. The minimum atomic E-state index is -0.645. The lowest BCUT2D eigenvalue weighted by Crippen LogP contribution is -2.23. The van der Waals surface area contributed by atoms with Crippen molar-refractivity contribution in [1.29, 1.82) is 0 Å². The Kier molecular flexibility index (Phi) is 4.63. The van der Waals surface area contributed by atoms with Gasteiger partial charge in [-0.3, -0.25) is 4.68 Å². The zero-order valence-corrected chi connectivity index (χ0v) is 11.8. The van der Waals surface area contributed by atoms with Gasteiger partial charge in [-0.2, -0.15) is 5.10 Å². The molecule has 0 amide bonds. The van der Waals surface area contributed by atoms with Crippen LogP contribution in [0.1, 0.15) is 0 Å². The number of para-hydroxylation sites is 1. The number of aliphatic hydroxyl groups excluding tert-OH is 1. The third-order valence-electron chi connectivity index (χ3n) is 2.27. The largest absolute Gasteiger partial charge is 0.489 e. The van der Waals surface area contributed by atoms with E-state index in [9.17, 15) is 5.11 Å². The Morgan fingerprint density at radius 1 is 1.44 bits per heavy atom. The summed E-state index contributed by atoms with van der Waals surface area (Å²) in [5, 5.41) is 14.4. The second-order valence-electron chi connectivity index (χ2n) is 3.78. The Morgan fingerprint density at radius 3 is 2.89 bits per heavy atom. The average molecular weight is 332 g/mol. The lowest BCUT2D eigenvalue weighted by Gasteiger charge is -2.13. The Bertz CT molecular complexity index is 518. The van der Waals surface area contributed by atoms with Crippen LogP contribution in [0.4, 0.5) is 0 Å². The number of aromatic nitrogens is 2. The van der Waals surface area contributed by atoms with Gasteiger partial charge in [0.2, 0.25) is 0 Å². The van der Waals surface area contributed by atoms with E-state index in [1.807, 2.05) is 12.1 Å². The highest BCUT2D eigenvalue weighted by Crippen LogP contribution is 2.23. The maximum absolute atomic E-state index is 9.82. The van der Waals surface area contributed by atoms with E-state index in [2.05, 4.69) is 21.0 Å². The summed E-state index contributed by atoms with van der Waals surface area (Å²) in [4.78, 5) is 0. The summed E-state index contributed by atoms with van der Waals surface area (Å²) in [6, 6.07) is 7.17. The van der Waals surface area contributed by atoms with Crippen molar-refractivity contribution >= 4 is 27.5 Å². The van der Waals surface area contributed by atoms with Gasteiger partial charge in [-0.25, -0.2) is 0 Å². The zero-order chi connectivity index (χ0) is 13.0. The molecule has 1 aromatic heterocycles. The van der Waals surface area contributed by atoms with E-state index in [0.717, 1.165) is 4.47 Å². The van der Waals surface area contributed by atoms with E-state index in [4.69, 9.17) is 16.3 Å². The molecule has 1 aromatic carbocycles. The maximum Gasteiger partial charge on any atom is 0.138 e. The second-order valence-corrected chi connectivity index (χ2v) is 5.10. The van der Waals surface area contributed by atoms with Crippen LogP contribution in [-0.2, 0) is 6.54 Å². The first-order valence-electron chi connectivity index (χ1n) is 5.38. The molecule has 4 nitrogen and oxygen atoms in total. The third-order valence-corrected chi connectivity index (χ3v) is 2.99. The molecule has 0 aliphatic carbocycles. The van der Waals surface area contributed by atoms with Crippen molar-refractivity contribution in [2.75, 3.05) is 6.61 Å². The maximum atomic E-state index is 9.82. The molecular formula is C12H12BrClN2O2. The first-order chi connectivity index (χ1) is 8.65. The molecule has 96 valence electrons. The summed E-state index contributed by atoms with van der Waals surface area (Å²) in [7, 11) is 0. The molecule has 0 bridgehead atoms. The van der Waals surface area contributed by atoms with Crippen molar-refractivity contribution in [1.82, 2.24) is 9.78 Å². The van der Waals surface area contributed by atoms with Gasteiger partial charge < -0.3 is 9.84 Å². The van der Waals surface area contributed by atoms with E-state index in [1.165, 1.54) is 0 Å². The lowest BCUT2D eigenvalue weighted by atomic mass is 10.3. The van der Waals surface area contributed by atoms with Crippen LogP contribution in [-0.4, -0.2) is 27.6 Å². The molecule has 6 heteroatoms. The molecular weight excluding hydrogens is 320 g/mol. The Hall–Kier alpha value is -1.04. The fourth-order valence-electron chi connectivity index (χ4n) is 1.45. The molecule has 1 heterocycles. The molecule has 2 aromatic rings. The molecule has 0 aliphatic heterocycles. The SMILES string of the molecule is O[C@@H](COc1ccccc1Cl)Cn1cc(Br)cn1. The van der Waals surface area contributed by atoms with Gasteiger partial charge in [-0.05, 0) is 28.1 Å². The monoisotopic (exact) mass is 330 g/mol. The van der Waals surface area contributed by atoms with E-state index in [1.54, 1.807) is 29.2 Å². The number of halogens is 2. The van der Waals surface area contributed by atoms with Crippen LogP contribution in [0, 0.1) is 0 Å². The van der Waals surface area contributed by atoms with Crippen LogP contribution in [0.3, 0.4) is 0 Å². The van der Waals surface area contributed by atoms with Crippen molar-refractivity contribution in [3.8, 4) is 5.75 Å². The first-order valence-corrected chi connectivity index (χ1v) is 6.55. The number of rotatable bonds is 5. The fourth-order valence-corrected chi connectivity index (χ4v) is 1.97. The smallest absolute Gasteiger partial charge is 0.138 e. The lowest BCUT2D eigenvalue weighted by molar-refractivity contribution is 0.0894. The molecule has 2 rings (SSSR count). The van der Waals surface area contributed by atoms with Crippen LogP contribution >= 0.6 is 27.5 Å². The van der Waals surface area contributed by atoms with Gasteiger partial charge in [0.05, 0.1) is 22.2 Å². The molecule has 1 atom stereocenters. The average Bonchev–Trinajstić information content (AvgIpc) is 2.74. The van der Waals surface area contributed by atoms with Gasteiger partial charge in [0, 0.05) is 6.20 Å². The van der Waals surface area contributed by atoms with Crippen LogP contribution in [0.25, 0.3) is 0 Å². The normalized spacial score (nSPS) is 12.4. The number of hydrogen-bond donors (Lipinski definition) is 1. The number of ether oxygens (including phenoxy) is 1. The highest BCUT2D eigenvalue weighted by atomic mass is 79.9. The van der Waals surface area contributed by atoms with Crippen LogP contribution in [0.15, 0.2) is 41.1 Å². The molecule has 0 fully saturated rings. The van der Waals surface area contributed by atoms with Gasteiger partial charge in [-0.15, -0.1) is 0 Å². The Labute approximate surface area is 118 Å². The van der Waals surface area contributed by atoms with Crippen molar-refractivity contribution in [3.05, 3.63) is 46.2 Å². The van der Waals surface area contributed by atoms with Crippen molar-refractivity contribution in [2.45, 2.75) is 12.6 Å². The minimum absolute atomic E-state index is 0.168.